The fourth-order valence-electron chi connectivity index (χ4n) is 4.11. The highest BCUT2D eigenvalue weighted by molar-refractivity contribution is 7.17. The van der Waals surface area contributed by atoms with E-state index < -0.39 is 23.8 Å². The molecule has 0 fully saturated rings. The Kier molecular flexibility index (Phi) is 8.32. The number of ether oxygens (including phenoxy) is 2. The third-order valence-corrected chi connectivity index (χ3v) is 7.37. The van der Waals surface area contributed by atoms with Crippen LogP contribution in [-0.2, 0) is 27.2 Å². The molecule has 2 N–H and O–H groups in total. The van der Waals surface area contributed by atoms with E-state index in [2.05, 4.69) is 15.8 Å². The van der Waals surface area contributed by atoms with Crippen molar-refractivity contribution in [2.24, 2.45) is 5.10 Å². The fraction of sp³-hybridized carbons (Fsp3) is 0.250. The van der Waals surface area contributed by atoms with Gasteiger partial charge in [-0.2, -0.15) is 5.10 Å². The smallest absolute Gasteiger partial charge is 0.343 e. The number of esters is 2. The maximum absolute atomic E-state index is 12.5. The molecule has 0 atom stereocenters. The van der Waals surface area contributed by atoms with Gasteiger partial charge in [0, 0.05) is 4.88 Å². The lowest BCUT2D eigenvalue weighted by atomic mass is 9.95. The summed E-state index contributed by atoms with van der Waals surface area (Å²) in [5.41, 5.74) is 5.82. The molecule has 3 aromatic rings. The van der Waals surface area contributed by atoms with Crippen LogP contribution in [0.25, 0.3) is 0 Å². The second-order valence-corrected chi connectivity index (χ2v) is 9.83. The monoisotopic (exact) mass is 533 g/mol. The summed E-state index contributed by atoms with van der Waals surface area (Å²) in [6.07, 6.45) is 3.50. The van der Waals surface area contributed by atoms with Crippen LogP contribution in [0.3, 0.4) is 0 Å². The first-order valence-electron chi connectivity index (χ1n) is 12.0. The van der Waals surface area contributed by atoms with E-state index in [1.807, 2.05) is 19.1 Å². The normalized spacial score (nSPS) is 12.8. The zero-order valence-electron chi connectivity index (χ0n) is 21.3. The molecule has 0 bridgehead atoms. The number of thiophene rings is 1. The molecule has 2 aromatic carbocycles. The van der Waals surface area contributed by atoms with E-state index in [0.717, 1.165) is 41.7 Å². The molecule has 0 aliphatic heterocycles. The molecule has 0 spiro atoms. The first-order valence-corrected chi connectivity index (χ1v) is 12.9. The number of carbonyl (C=O) groups excluding carboxylic acids is 4. The van der Waals surface area contributed by atoms with Crippen LogP contribution in [0.5, 0.6) is 5.75 Å². The Labute approximate surface area is 223 Å². The van der Waals surface area contributed by atoms with Gasteiger partial charge in [-0.15, -0.1) is 11.3 Å². The lowest BCUT2D eigenvalue weighted by molar-refractivity contribution is -0.136. The highest BCUT2D eigenvalue weighted by Crippen LogP contribution is 2.38. The van der Waals surface area contributed by atoms with Gasteiger partial charge in [0.25, 0.3) is 0 Å². The molecule has 9 nitrogen and oxygen atoms in total. The summed E-state index contributed by atoms with van der Waals surface area (Å²) in [4.78, 5) is 50.7. The van der Waals surface area contributed by atoms with Crippen LogP contribution < -0.4 is 15.5 Å². The van der Waals surface area contributed by atoms with Crippen molar-refractivity contribution in [2.75, 3.05) is 12.4 Å². The second kappa shape index (κ2) is 11.8. The summed E-state index contributed by atoms with van der Waals surface area (Å²) in [6, 6.07) is 13.8. The number of benzene rings is 2. The first kappa shape index (κ1) is 26.7. The number of methoxy groups -OCH3 is 1. The first-order chi connectivity index (χ1) is 18.3. The van der Waals surface area contributed by atoms with Gasteiger partial charge >= 0.3 is 23.8 Å². The van der Waals surface area contributed by atoms with E-state index in [9.17, 15) is 19.2 Å². The molecule has 0 saturated carbocycles. The van der Waals surface area contributed by atoms with Crippen LogP contribution in [0.4, 0.5) is 5.00 Å². The molecule has 2 amide bonds. The lowest BCUT2D eigenvalue weighted by Gasteiger charge is -2.11. The number of anilines is 1. The summed E-state index contributed by atoms with van der Waals surface area (Å²) >= 11 is 1.29. The van der Waals surface area contributed by atoms with Crippen LogP contribution in [0, 0.1) is 6.92 Å². The van der Waals surface area contributed by atoms with Gasteiger partial charge in [0.2, 0.25) is 0 Å². The van der Waals surface area contributed by atoms with Crippen molar-refractivity contribution < 1.29 is 28.7 Å². The highest BCUT2D eigenvalue weighted by atomic mass is 32.1. The number of nitrogens with zero attached hydrogens (tertiary/aromatic N) is 1. The molecule has 38 heavy (non-hydrogen) atoms. The van der Waals surface area contributed by atoms with E-state index in [4.69, 9.17) is 9.47 Å². The average Bonchev–Trinajstić information content (AvgIpc) is 3.29. The molecule has 1 heterocycles. The quantitative estimate of drug-likeness (QED) is 0.159. The van der Waals surface area contributed by atoms with Crippen molar-refractivity contribution >= 4 is 45.8 Å². The van der Waals surface area contributed by atoms with Gasteiger partial charge in [-0.1, -0.05) is 18.2 Å². The van der Waals surface area contributed by atoms with E-state index in [0.29, 0.717) is 33.2 Å². The number of rotatable bonds is 6. The molecular formula is C28H27N3O6S. The van der Waals surface area contributed by atoms with Gasteiger partial charge in [0.1, 0.15) is 10.8 Å². The van der Waals surface area contributed by atoms with Crippen molar-refractivity contribution in [3.8, 4) is 5.75 Å². The molecular weight excluding hydrogens is 506 g/mol. The van der Waals surface area contributed by atoms with Gasteiger partial charge in [0.05, 0.1) is 23.9 Å². The van der Waals surface area contributed by atoms with Crippen molar-refractivity contribution in [2.45, 2.75) is 39.5 Å². The molecule has 1 aliphatic rings. The second-order valence-electron chi connectivity index (χ2n) is 8.73. The molecule has 0 unspecified atom stereocenters. The van der Waals surface area contributed by atoms with Crippen LogP contribution in [0.1, 0.15) is 62.0 Å². The Morgan fingerprint density at radius 1 is 0.921 bits per heavy atom. The zero-order chi connectivity index (χ0) is 27.2. The molecule has 1 aliphatic carbocycles. The Hall–Kier alpha value is -4.31. The van der Waals surface area contributed by atoms with Gasteiger partial charge in [-0.25, -0.2) is 15.0 Å². The summed E-state index contributed by atoms with van der Waals surface area (Å²) < 4.78 is 10.3. The number of fused-ring (bicyclic) bond motifs is 1. The van der Waals surface area contributed by atoms with Crippen LogP contribution in [0.2, 0.25) is 0 Å². The minimum absolute atomic E-state index is 0.306. The van der Waals surface area contributed by atoms with E-state index in [-0.39, 0.29) is 0 Å². The Bertz CT molecular complexity index is 1420. The van der Waals surface area contributed by atoms with Crippen molar-refractivity contribution in [1.82, 2.24) is 5.43 Å². The van der Waals surface area contributed by atoms with Gasteiger partial charge in [0.15, 0.2) is 0 Å². The zero-order valence-corrected chi connectivity index (χ0v) is 22.1. The number of aryl methyl sites for hydroxylation is 2. The number of hydrogen-bond acceptors (Lipinski definition) is 8. The maximum Gasteiger partial charge on any atom is 0.343 e. The van der Waals surface area contributed by atoms with Gasteiger partial charge in [-0.3, -0.25) is 9.59 Å². The number of nitrogens with one attached hydrogen (secondary N) is 2. The summed E-state index contributed by atoms with van der Waals surface area (Å²) in [5.74, 6) is -2.55. The molecule has 0 saturated heterocycles. The summed E-state index contributed by atoms with van der Waals surface area (Å²) in [5, 5.41) is 6.85. The number of carbonyl (C=O) groups is 4. The lowest BCUT2D eigenvalue weighted by Crippen LogP contribution is -2.33. The molecule has 4 rings (SSSR count). The van der Waals surface area contributed by atoms with Crippen LogP contribution in [0.15, 0.2) is 53.6 Å². The standard InChI is InChI=1S/C28H27N3O6S/c1-16-8-4-5-9-20(16)27(34)37-19-14-12-18(13-15-19)17(2)30-31-25(33)24(32)29-26-23(28(35)36-3)21-10-6-7-11-22(21)38-26/h4-5,8-9,12-15H,6-7,10-11H2,1-3H3,(H,29,32)(H,31,33)/b30-17+. The Balaban J connectivity index is 1.38. The minimum atomic E-state index is -0.977. The summed E-state index contributed by atoms with van der Waals surface area (Å²) in [6.45, 7) is 3.50. The highest BCUT2D eigenvalue weighted by Gasteiger charge is 2.28. The third kappa shape index (κ3) is 5.97. The molecule has 1 aromatic heterocycles. The Morgan fingerprint density at radius 3 is 2.34 bits per heavy atom. The van der Waals surface area contributed by atoms with Gasteiger partial charge in [-0.05, 0) is 86.6 Å². The summed E-state index contributed by atoms with van der Waals surface area (Å²) in [7, 11) is 1.28. The average molecular weight is 534 g/mol. The maximum atomic E-state index is 12.5. The van der Waals surface area contributed by atoms with E-state index >= 15 is 0 Å². The van der Waals surface area contributed by atoms with Crippen molar-refractivity contribution in [3.05, 3.63) is 81.2 Å². The minimum Gasteiger partial charge on any atom is -0.465 e. The molecule has 10 heteroatoms. The largest absolute Gasteiger partial charge is 0.465 e. The topological polar surface area (TPSA) is 123 Å². The number of amides is 2. The third-order valence-electron chi connectivity index (χ3n) is 6.17. The predicted octanol–water partition coefficient (Wildman–Crippen LogP) is 4.42. The van der Waals surface area contributed by atoms with E-state index in [1.165, 1.54) is 18.4 Å². The van der Waals surface area contributed by atoms with E-state index in [1.54, 1.807) is 43.3 Å². The predicted molar refractivity (Wildman–Crippen MR) is 144 cm³/mol. The van der Waals surface area contributed by atoms with Crippen LogP contribution >= 0.6 is 11.3 Å². The van der Waals surface area contributed by atoms with Crippen molar-refractivity contribution in [3.63, 3.8) is 0 Å². The number of hydrazone groups is 1. The van der Waals surface area contributed by atoms with Crippen molar-refractivity contribution in [1.29, 1.82) is 0 Å². The number of hydrogen-bond donors (Lipinski definition) is 2. The Morgan fingerprint density at radius 2 is 1.63 bits per heavy atom. The van der Waals surface area contributed by atoms with Gasteiger partial charge < -0.3 is 14.8 Å². The molecule has 196 valence electrons. The SMILES string of the molecule is COC(=O)c1c(NC(=O)C(=O)N/N=C(\C)c2ccc(OC(=O)c3ccccc3C)cc2)sc2c1CCCC2. The fourth-order valence-corrected chi connectivity index (χ4v) is 5.38. The molecule has 0 radical (unpaired) electrons. The van der Waals surface area contributed by atoms with Crippen LogP contribution in [-0.4, -0.2) is 36.6 Å².